The van der Waals surface area contributed by atoms with E-state index in [1.807, 2.05) is 0 Å². The van der Waals surface area contributed by atoms with Gasteiger partial charge in [-0.1, -0.05) is 12.1 Å². The van der Waals surface area contributed by atoms with Gasteiger partial charge in [0.25, 0.3) is 11.2 Å². The fraction of sp³-hybridized carbons (Fsp3) is 0.211. The van der Waals surface area contributed by atoms with Crippen LogP contribution in [0, 0.1) is 10.1 Å². The molecule has 0 aliphatic heterocycles. The monoisotopic (exact) mass is 382 g/mol. The average molecular weight is 382 g/mol. The van der Waals surface area contributed by atoms with Gasteiger partial charge in [0, 0.05) is 30.4 Å². The average Bonchev–Trinajstić information content (AvgIpc) is 2.69. The number of carbonyl (C=O) groups is 1. The second kappa shape index (κ2) is 7.87. The summed E-state index contributed by atoms with van der Waals surface area (Å²) in [5, 5.41) is 14.1. The molecule has 0 radical (unpaired) electrons. The van der Waals surface area contributed by atoms with Crippen LogP contribution in [0.15, 0.2) is 47.3 Å². The molecule has 9 nitrogen and oxygen atoms in total. The van der Waals surface area contributed by atoms with Crippen LogP contribution in [0.2, 0.25) is 0 Å². The molecule has 0 aliphatic rings. The van der Waals surface area contributed by atoms with Crippen molar-refractivity contribution in [1.29, 1.82) is 0 Å². The Kier molecular flexibility index (Phi) is 5.35. The Morgan fingerprint density at radius 1 is 1.29 bits per heavy atom. The van der Waals surface area contributed by atoms with Crippen molar-refractivity contribution in [3.8, 4) is 11.3 Å². The van der Waals surface area contributed by atoms with E-state index in [4.69, 9.17) is 4.74 Å². The molecule has 1 aromatic heterocycles. The number of para-hydroxylation sites is 2. The fourth-order valence-electron chi connectivity index (χ4n) is 2.92. The number of benzene rings is 2. The van der Waals surface area contributed by atoms with E-state index in [9.17, 15) is 19.7 Å². The van der Waals surface area contributed by atoms with Crippen molar-refractivity contribution in [3.63, 3.8) is 0 Å². The molecule has 0 bridgehead atoms. The van der Waals surface area contributed by atoms with Gasteiger partial charge in [-0.05, 0) is 25.1 Å². The summed E-state index contributed by atoms with van der Waals surface area (Å²) in [5.41, 5.74) is 1.05. The molecule has 0 amide bonds. The smallest absolute Gasteiger partial charge is 0.326 e. The Morgan fingerprint density at radius 3 is 2.71 bits per heavy atom. The van der Waals surface area contributed by atoms with Gasteiger partial charge in [-0.2, -0.15) is 0 Å². The summed E-state index contributed by atoms with van der Waals surface area (Å²) >= 11 is 0. The molecule has 3 aromatic rings. The molecule has 0 atom stereocenters. The minimum Gasteiger partial charge on any atom is -0.465 e. The first-order valence-electron chi connectivity index (χ1n) is 8.58. The first-order valence-corrected chi connectivity index (χ1v) is 8.58. The number of nitrogens with one attached hydrogen (secondary N) is 1. The molecule has 1 heterocycles. The number of nitrogens with zero attached hydrogens (tertiary/aromatic N) is 3. The third-order valence-electron chi connectivity index (χ3n) is 4.18. The van der Waals surface area contributed by atoms with Crippen LogP contribution >= 0.6 is 0 Å². The van der Waals surface area contributed by atoms with Gasteiger partial charge in [-0.25, -0.2) is 4.98 Å². The van der Waals surface area contributed by atoms with Crippen LogP contribution in [-0.2, 0) is 16.1 Å². The third-order valence-corrected chi connectivity index (χ3v) is 4.18. The van der Waals surface area contributed by atoms with Crippen LogP contribution in [0.1, 0.15) is 6.92 Å². The van der Waals surface area contributed by atoms with E-state index >= 15 is 0 Å². The minimum atomic E-state index is -0.556. The van der Waals surface area contributed by atoms with E-state index in [2.05, 4.69) is 10.3 Å². The summed E-state index contributed by atoms with van der Waals surface area (Å²) in [7, 11) is 1.64. The molecule has 0 aliphatic carbocycles. The SMILES string of the molecule is CCOC(=O)Cn1c(=O)c(-c2cc([N+](=O)[O-])ccc2NC)nc2ccccc21. The van der Waals surface area contributed by atoms with Gasteiger partial charge in [0.2, 0.25) is 0 Å². The Morgan fingerprint density at radius 2 is 2.04 bits per heavy atom. The molecule has 0 spiro atoms. The topological polar surface area (TPSA) is 116 Å². The molecule has 2 aromatic carbocycles. The van der Waals surface area contributed by atoms with Crippen molar-refractivity contribution in [2.75, 3.05) is 19.0 Å². The molecular weight excluding hydrogens is 364 g/mol. The number of carbonyl (C=O) groups excluding carboxylic acids is 1. The van der Waals surface area contributed by atoms with Crippen LogP contribution in [0.4, 0.5) is 11.4 Å². The fourth-order valence-corrected chi connectivity index (χ4v) is 2.92. The van der Waals surface area contributed by atoms with Crippen LogP contribution in [0.3, 0.4) is 0 Å². The normalized spacial score (nSPS) is 10.6. The van der Waals surface area contributed by atoms with E-state index < -0.39 is 16.5 Å². The zero-order valence-corrected chi connectivity index (χ0v) is 15.3. The lowest BCUT2D eigenvalue weighted by Gasteiger charge is -2.13. The zero-order chi connectivity index (χ0) is 20.3. The number of rotatable bonds is 6. The quantitative estimate of drug-likeness (QED) is 0.396. The van der Waals surface area contributed by atoms with E-state index in [-0.39, 0.29) is 30.1 Å². The van der Waals surface area contributed by atoms with Gasteiger partial charge in [-0.15, -0.1) is 0 Å². The molecule has 9 heteroatoms. The number of hydrogen-bond donors (Lipinski definition) is 1. The first kappa shape index (κ1) is 19.0. The highest BCUT2D eigenvalue weighted by atomic mass is 16.6. The number of non-ortho nitro benzene ring substituents is 1. The number of ether oxygens (including phenoxy) is 1. The minimum absolute atomic E-state index is 0.0102. The number of nitro benzene ring substituents is 1. The number of fused-ring (bicyclic) bond motifs is 1. The Balaban J connectivity index is 2.30. The number of aromatic nitrogens is 2. The molecule has 0 unspecified atom stereocenters. The Labute approximate surface area is 159 Å². The van der Waals surface area contributed by atoms with Crippen LogP contribution in [0.25, 0.3) is 22.3 Å². The number of nitro groups is 1. The molecule has 28 heavy (non-hydrogen) atoms. The van der Waals surface area contributed by atoms with E-state index in [1.165, 1.54) is 22.8 Å². The Bertz CT molecular complexity index is 1120. The van der Waals surface area contributed by atoms with E-state index in [0.29, 0.717) is 16.7 Å². The van der Waals surface area contributed by atoms with Gasteiger partial charge < -0.3 is 10.1 Å². The van der Waals surface area contributed by atoms with Gasteiger partial charge in [0.15, 0.2) is 0 Å². The largest absolute Gasteiger partial charge is 0.465 e. The summed E-state index contributed by atoms with van der Waals surface area (Å²) < 4.78 is 6.24. The van der Waals surface area contributed by atoms with E-state index in [0.717, 1.165) is 0 Å². The van der Waals surface area contributed by atoms with Crippen LogP contribution in [-0.4, -0.2) is 34.1 Å². The number of hydrogen-bond acceptors (Lipinski definition) is 7. The molecule has 3 rings (SSSR count). The summed E-state index contributed by atoms with van der Waals surface area (Å²) in [6.45, 7) is 1.59. The maximum atomic E-state index is 13.2. The lowest BCUT2D eigenvalue weighted by Crippen LogP contribution is -2.28. The van der Waals surface area contributed by atoms with Gasteiger partial charge >= 0.3 is 5.97 Å². The van der Waals surface area contributed by atoms with Crippen molar-refractivity contribution < 1.29 is 14.5 Å². The second-order valence-corrected chi connectivity index (χ2v) is 5.88. The molecule has 0 saturated heterocycles. The third kappa shape index (κ3) is 3.54. The van der Waals surface area contributed by atoms with Crippen molar-refractivity contribution in [3.05, 3.63) is 62.9 Å². The van der Waals surface area contributed by atoms with Gasteiger partial charge in [0.05, 0.1) is 22.6 Å². The molecule has 1 N–H and O–H groups in total. The van der Waals surface area contributed by atoms with Gasteiger partial charge in [0.1, 0.15) is 12.2 Å². The first-order chi connectivity index (χ1) is 13.5. The van der Waals surface area contributed by atoms with Crippen molar-refractivity contribution >= 4 is 28.4 Å². The number of anilines is 1. The summed E-state index contributed by atoms with van der Waals surface area (Å²) in [5.74, 6) is -0.556. The zero-order valence-electron chi connectivity index (χ0n) is 15.3. The van der Waals surface area contributed by atoms with Crippen molar-refractivity contribution in [2.45, 2.75) is 13.5 Å². The Hall–Kier alpha value is -3.75. The van der Waals surface area contributed by atoms with Crippen molar-refractivity contribution in [1.82, 2.24) is 9.55 Å². The lowest BCUT2D eigenvalue weighted by molar-refractivity contribution is -0.384. The standard InChI is InChI=1S/C19H18N4O5/c1-3-28-17(24)11-22-16-7-5-4-6-15(16)21-18(19(22)25)13-10-12(23(26)27)8-9-14(13)20-2/h4-10,20H,3,11H2,1-2H3. The van der Waals surface area contributed by atoms with Gasteiger partial charge in [-0.3, -0.25) is 24.3 Å². The van der Waals surface area contributed by atoms with Crippen LogP contribution in [0.5, 0.6) is 0 Å². The molecule has 0 saturated carbocycles. The molecule has 0 fully saturated rings. The van der Waals surface area contributed by atoms with E-state index in [1.54, 1.807) is 38.2 Å². The maximum Gasteiger partial charge on any atom is 0.326 e. The maximum absolute atomic E-state index is 13.2. The molecular formula is C19H18N4O5. The predicted octanol–water partition coefficient (Wildman–Crippen LogP) is 2.58. The highest BCUT2D eigenvalue weighted by Crippen LogP contribution is 2.29. The summed E-state index contributed by atoms with van der Waals surface area (Å²) in [6.07, 6.45) is 0. The highest BCUT2D eigenvalue weighted by molar-refractivity contribution is 5.83. The van der Waals surface area contributed by atoms with Crippen LogP contribution < -0.4 is 10.9 Å². The second-order valence-electron chi connectivity index (χ2n) is 5.88. The highest BCUT2D eigenvalue weighted by Gasteiger charge is 2.20. The number of esters is 1. The predicted molar refractivity (Wildman–Crippen MR) is 104 cm³/mol. The lowest BCUT2D eigenvalue weighted by atomic mass is 10.1. The van der Waals surface area contributed by atoms with Crippen molar-refractivity contribution in [2.24, 2.45) is 0 Å². The molecule has 144 valence electrons. The summed E-state index contributed by atoms with van der Waals surface area (Å²) in [6, 6.07) is 11.0. The summed E-state index contributed by atoms with van der Waals surface area (Å²) in [4.78, 5) is 40.3.